The summed E-state index contributed by atoms with van der Waals surface area (Å²) in [5.74, 6) is -0.411. The number of halogens is 1. The summed E-state index contributed by atoms with van der Waals surface area (Å²) in [6.45, 7) is 2.56. The third-order valence-corrected chi connectivity index (χ3v) is 4.16. The van der Waals surface area contributed by atoms with Crippen LogP contribution in [0, 0.1) is 0 Å². The monoisotopic (exact) mass is 295 g/mol. The molecule has 1 aromatic heterocycles. The summed E-state index contributed by atoms with van der Waals surface area (Å²) in [6, 6.07) is 8.52. The fourth-order valence-electron chi connectivity index (χ4n) is 1.67. The van der Waals surface area contributed by atoms with E-state index in [0.29, 0.717) is 11.6 Å². The number of phenolic OH excluding ortho intramolecular Hbond substituents is 1. The number of carbonyl (C=O) groups excluding carboxylic acids is 1. The molecule has 0 spiro atoms. The van der Waals surface area contributed by atoms with Gasteiger partial charge in [0.1, 0.15) is 5.75 Å². The molecule has 0 bridgehead atoms. The summed E-state index contributed by atoms with van der Waals surface area (Å²) in [4.78, 5) is 14.3. The molecule has 0 aliphatic carbocycles. The highest BCUT2D eigenvalue weighted by Gasteiger charge is 2.11. The fourth-order valence-corrected chi connectivity index (χ4v) is 2.73. The molecule has 0 aliphatic heterocycles. The minimum absolute atomic E-state index is 0.106. The predicted octanol–water partition coefficient (Wildman–Crippen LogP) is 3.60. The molecule has 0 saturated heterocycles. The molecule has 2 aromatic rings. The van der Waals surface area contributed by atoms with Crippen LogP contribution >= 0.6 is 22.9 Å². The van der Waals surface area contributed by atoms with Crippen LogP contribution in [0.4, 0.5) is 0 Å². The molecule has 5 heteroatoms. The summed E-state index contributed by atoms with van der Waals surface area (Å²) in [5, 5.41) is 12.8. The zero-order valence-corrected chi connectivity index (χ0v) is 12.0. The number of nitrogens with one attached hydrogen (secondary N) is 1. The van der Waals surface area contributed by atoms with Gasteiger partial charge in [0.15, 0.2) is 0 Å². The van der Waals surface area contributed by atoms with Crippen LogP contribution in [0.15, 0.2) is 30.3 Å². The van der Waals surface area contributed by atoms with Crippen molar-refractivity contribution in [1.82, 2.24) is 5.32 Å². The maximum atomic E-state index is 11.9. The van der Waals surface area contributed by atoms with Gasteiger partial charge in [0.2, 0.25) is 0 Å². The molecule has 0 radical (unpaired) electrons. The Morgan fingerprint density at radius 1 is 1.32 bits per heavy atom. The van der Waals surface area contributed by atoms with E-state index < -0.39 is 0 Å². The molecule has 0 fully saturated rings. The molecule has 19 heavy (non-hydrogen) atoms. The molecule has 2 rings (SSSR count). The number of rotatable bonds is 4. The van der Waals surface area contributed by atoms with Gasteiger partial charge in [-0.25, -0.2) is 0 Å². The number of hydrogen-bond donors (Lipinski definition) is 2. The lowest BCUT2D eigenvalue weighted by Gasteiger charge is -2.06. The molecule has 1 heterocycles. The molecule has 100 valence electrons. The van der Waals surface area contributed by atoms with Crippen LogP contribution < -0.4 is 5.32 Å². The summed E-state index contributed by atoms with van der Waals surface area (Å²) in [5.41, 5.74) is 0.233. The minimum atomic E-state index is -0.305. The highest BCUT2D eigenvalue weighted by molar-refractivity contribution is 7.11. The second-order valence-electron chi connectivity index (χ2n) is 4.07. The first-order valence-electron chi connectivity index (χ1n) is 5.94. The Bertz CT molecular complexity index is 595. The van der Waals surface area contributed by atoms with Crippen LogP contribution in [-0.2, 0) is 13.0 Å². The maximum Gasteiger partial charge on any atom is 0.255 e. The Morgan fingerprint density at radius 2 is 2.05 bits per heavy atom. The zero-order chi connectivity index (χ0) is 13.8. The zero-order valence-electron chi connectivity index (χ0n) is 10.4. The SMILES string of the molecule is CCc1ccc(CNC(=O)c2ccc(Cl)cc2O)s1. The standard InChI is InChI=1S/C14H14ClNO2S/c1-2-10-4-5-11(19-10)8-16-14(18)12-6-3-9(15)7-13(12)17/h3-7,17H,2,8H2,1H3,(H,16,18). The maximum absolute atomic E-state index is 11.9. The molecule has 0 unspecified atom stereocenters. The van der Waals surface area contributed by atoms with Gasteiger partial charge in [-0.05, 0) is 36.8 Å². The molecular formula is C14H14ClNO2S. The molecule has 0 saturated carbocycles. The number of hydrogen-bond acceptors (Lipinski definition) is 3. The summed E-state index contributed by atoms with van der Waals surface area (Å²) in [7, 11) is 0. The van der Waals surface area contributed by atoms with Crippen LogP contribution in [0.2, 0.25) is 5.02 Å². The van der Waals surface area contributed by atoms with Crippen LogP contribution in [0.5, 0.6) is 5.75 Å². The van der Waals surface area contributed by atoms with Crippen molar-refractivity contribution in [2.24, 2.45) is 0 Å². The number of carbonyl (C=O) groups is 1. The normalized spacial score (nSPS) is 10.4. The van der Waals surface area contributed by atoms with Crippen molar-refractivity contribution in [3.05, 3.63) is 50.7 Å². The highest BCUT2D eigenvalue weighted by atomic mass is 35.5. The van der Waals surface area contributed by atoms with Gasteiger partial charge in [0, 0.05) is 14.8 Å². The van der Waals surface area contributed by atoms with Gasteiger partial charge in [-0.3, -0.25) is 4.79 Å². The van der Waals surface area contributed by atoms with E-state index in [2.05, 4.69) is 18.3 Å². The van der Waals surface area contributed by atoms with E-state index >= 15 is 0 Å². The van der Waals surface area contributed by atoms with Crippen molar-refractivity contribution in [2.75, 3.05) is 0 Å². The van der Waals surface area contributed by atoms with Gasteiger partial charge < -0.3 is 10.4 Å². The van der Waals surface area contributed by atoms with Crippen LogP contribution in [0.1, 0.15) is 27.0 Å². The first-order valence-corrected chi connectivity index (χ1v) is 7.14. The number of aryl methyl sites for hydroxylation is 1. The molecular weight excluding hydrogens is 282 g/mol. The molecule has 1 amide bonds. The number of benzene rings is 1. The fraction of sp³-hybridized carbons (Fsp3) is 0.214. The predicted molar refractivity (Wildman–Crippen MR) is 78.0 cm³/mol. The largest absolute Gasteiger partial charge is 0.507 e. The third-order valence-electron chi connectivity index (χ3n) is 2.69. The number of thiophene rings is 1. The Labute approximate surface area is 120 Å². The Balaban J connectivity index is 2.01. The van der Waals surface area contributed by atoms with Gasteiger partial charge in [-0.15, -0.1) is 11.3 Å². The van der Waals surface area contributed by atoms with Gasteiger partial charge in [0.25, 0.3) is 5.91 Å². The van der Waals surface area contributed by atoms with Crippen molar-refractivity contribution < 1.29 is 9.90 Å². The number of phenols is 1. The second kappa shape index (κ2) is 6.08. The van der Waals surface area contributed by atoms with E-state index in [-0.39, 0.29) is 17.2 Å². The lowest BCUT2D eigenvalue weighted by molar-refractivity contribution is 0.0948. The van der Waals surface area contributed by atoms with E-state index in [1.165, 1.54) is 17.0 Å². The first kappa shape index (κ1) is 13.9. The molecule has 3 nitrogen and oxygen atoms in total. The smallest absolute Gasteiger partial charge is 0.255 e. The summed E-state index contributed by atoms with van der Waals surface area (Å²) in [6.07, 6.45) is 0.997. The van der Waals surface area contributed by atoms with Crippen LogP contribution in [-0.4, -0.2) is 11.0 Å². The van der Waals surface area contributed by atoms with Crippen molar-refractivity contribution in [3.8, 4) is 5.75 Å². The Kier molecular flexibility index (Phi) is 4.45. The van der Waals surface area contributed by atoms with Crippen molar-refractivity contribution in [3.63, 3.8) is 0 Å². The van der Waals surface area contributed by atoms with Crippen LogP contribution in [0.25, 0.3) is 0 Å². The molecule has 2 N–H and O–H groups in total. The molecule has 0 atom stereocenters. The summed E-state index contributed by atoms with van der Waals surface area (Å²) >= 11 is 7.40. The van der Waals surface area contributed by atoms with E-state index in [0.717, 1.165) is 11.3 Å². The van der Waals surface area contributed by atoms with Gasteiger partial charge in [0.05, 0.1) is 12.1 Å². The third kappa shape index (κ3) is 3.49. The average Bonchev–Trinajstić information content (AvgIpc) is 2.84. The van der Waals surface area contributed by atoms with Gasteiger partial charge in [-0.2, -0.15) is 0 Å². The lowest BCUT2D eigenvalue weighted by atomic mass is 10.2. The lowest BCUT2D eigenvalue weighted by Crippen LogP contribution is -2.22. The van der Waals surface area contributed by atoms with Crippen molar-refractivity contribution in [2.45, 2.75) is 19.9 Å². The first-order chi connectivity index (χ1) is 9.10. The van der Waals surface area contributed by atoms with E-state index in [9.17, 15) is 9.90 Å². The quantitative estimate of drug-likeness (QED) is 0.905. The van der Waals surface area contributed by atoms with E-state index in [4.69, 9.17) is 11.6 Å². The second-order valence-corrected chi connectivity index (χ2v) is 5.76. The topological polar surface area (TPSA) is 49.3 Å². The van der Waals surface area contributed by atoms with E-state index in [1.54, 1.807) is 17.4 Å². The number of aromatic hydroxyl groups is 1. The number of amides is 1. The van der Waals surface area contributed by atoms with Crippen molar-refractivity contribution >= 4 is 28.8 Å². The highest BCUT2D eigenvalue weighted by Crippen LogP contribution is 2.22. The van der Waals surface area contributed by atoms with E-state index in [1.807, 2.05) is 6.07 Å². The van der Waals surface area contributed by atoms with Gasteiger partial charge >= 0.3 is 0 Å². The van der Waals surface area contributed by atoms with Gasteiger partial charge in [-0.1, -0.05) is 18.5 Å². The summed E-state index contributed by atoms with van der Waals surface area (Å²) < 4.78 is 0. The Morgan fingerprint density at radius 3 is 2.68 bits per heavy atom. The van der Waals surface area contributed by atoms with Crippen LogP contribution in [0.3, 0.4) is 0 Å². The van der Waals surface area contributed by atoms with Crippen molar-refractivity contribution in [1.29, 1.82) is 0 Å². The average molecular weight is 296 g/mol. The Hall–Kier alpha value is -1.52. The molecule has 1 aromatic carbocycles. The minimum Gasteiger partial charge on any atom is -0.507 e. The molecule has 0 aliphatic rings.